The van der Waals surface area contributed by atoms with Crippen molar-refractivity contribution in [1.29, 1.82) is 0 Å². The molecule has 1 aromatic heterocycles. The number of hydrogen-bond donors (Lipinski definition) is 1. The van der Waals surface area contributed by atoms with Crippen molar-refractivity contribution < 1.29 is 0 Å². The van der Waals surface area contributed by atoms with E-state index in [-0.39, 0.29) is 0 Å². The molecule has 0 saturated carbocycles. The number of anilines is 1. The van der Waals surface area contributed by atoms with Crippen LogP contribution in [0.1, 0.15) is 29.2 Å². The second-order valence-corrected chi connectivity index (χ2v) is 6.11. The lowest BCUT2D eigenvalue weighted by molar-refractivity contribution is 0.679. The van der Waals surface area contributed by atoms with Crippen LogP contribution in [-0.2, 0) is 6.42 Å². The number of hydrogen-bond acceptors (Lipinski definition) is 2. The van der Waals surface area contributed by atoms with Gasteiger partial charge in [0.05, 0.1) is 16.9 Å². The third kappa shape index (κ3) is 2.25. The molecule has 2 heterocycles. The summed E-state index contributed by atoms with van der Waals surface area (Å²) < 4.78 is 0. The van der Waals surface area contributed by atoms with Crippen LogP contribution in [0.15, 0.2) is 54.6 Å². The van der Waals surface area contributed by atoms with E-state index in [9.17, 15) is 0 Å². The molecule has 1 aliphatic rings. The van der Waals surface area contributed by atoms with Crippen LogP contribution in [0.4, 0.5) is 5.69 Å². The molecular weight excluding hydrogens is 268 g/mol. The third-order valence-electron chi connectivity index (χ3n) is 4.67. The van der Waals surface area contributed by atoms with E-state index in [1.165, 1.54) is 28.6 Å². The number of nitrogens with zero attached hydrogens (tertiary/aromatic N) is 1. The average molecular weight is 288 g/mol. The van der Waals surface area contributed by atoms with Crippen molar-refractivity contribution in [3.63, 3.8) is 0 Å². The molecule has 1 aliphatic heterocycles. The van der Waals surface area contributed by atoms with Crippen LogP contribution in [0.3, 0.4) is 0 Å². The fourth-order valence-electron chi connectivity index (χ4n) is 3.57. The molecule has 0 fully saturated rings. The molecule has 0 radical (unpaired) electrons. The molecule has 2 heteroatoms. The third-order valence-corrected chi connectivity index (χ3v) is 4.67. The van der Waals surface area contributed by atoms with Gasteiger partial charge in [-0.1, -0.05) is 48.5 Å². The highest BCUT2D eigenvalue weighted by Gasteiger charge is 2.26. The predicted molar refractivity (Wildman–Crippen MR) is 92.5 cm³/mol. The van der Waals surface area contributed by atoms with Gasteiger partial charge < -0.3 is 5.32 Å². The van der Waals surface area contributed by atoms with E-state index >= 15 is 0 Å². The molecular formula is C20H20N2. The first-order valence-electron chi connectivity index (χ1n) is 8.00. The molecule has 110 valence electrons. The summed E-state index contributed by atoms with van der Waals surface area (Å²) in [7, 11) is 0. The lowest BCUT2D eigenvalue weighted by Gasteiger charge is -2.13. The molecule has 0 bridgehead atoms. The molecule has 1 unspecified atom stereocenters. The highest BCUT2D eigenvalue weighted by atomic mass is 14.9. The summed E-state index contributed by atoms with van der Waals surface area (Å²) in [5.41, 5.74) is 6.39. The number of pyridine rings is 1. The fraction of sp³-hybridized carbons (Fsp3) is 0.250. The molecule has 0 amide bonds. The second kappa shape index (κ2) is 5.45. The molecule has 0 saturated heterocycles. The molecule has 2 aromatic carbocycles. The van der Waals surface area contributed by atoms with Crippen LogP contribution < -0.4 is 5.32 Å². The molecule has 1 atom stereocenters. The summed E-state index contributed by atoms with van der Waals surface area (Å²) in [5, 5.41) is 4.90. The normalized spacial score (nSPS) is 16.5. The van der Waals surface area contributed by atoms with E-state index in [1.807, 2.05) is 0 Å². The zero-order valence-corrected chi connectivity index (χ0v) is 12.8. The first-order chi connectivity index (χ1) is 10.8. The lowest BCUT2D eigenvalue weighted by atomic mass is 9.91. The smallest absolute Gasteiger partial charge is 0.0709 e. The van der Waals surface area contributed by atoms with Gasteiger partial charge in [0.2, 0.25) is 0 Å². The maximum atomic E-state index is 4.74. The van der Waals surface area contributed by atoms with E-state index in [0.29, 0.717) is 5.92 Å². The van der Waals surface area contributed by atoms with E-state index in [0.717, 1.165) is 24.2 Å². The molecule has 3 aromatic rings. The zero-order chi connectivity index (χ0) is 14.9. The minimum atomic E-state index is 0.571. The summed E-state index contributed by atoms with van der Waals surface area (Å²) in [6, 6.07) is 19.3. The highest BCUT2D eigenvalue weighted by Crippen LogP contribution is 2.40. The second-order valence-electron chi connectivity index (χ2n) is 6.11. The Hall–Kier alpha value is -2.35. The van der Waals surface area contributed by atoms with Crippen molar-refractivity contribution >= 4 is 16.6 Å². The lowest BCUT2D eigenvalue weighted by Crippen LogP contribution is -2.03. The van der Waals surface area contributed by atoms with Crippen LogP contribution in [0, 0.1) is 6.92 Å². The number of aromatic nitrogens is 1. The van der Waals surface area contributed by atoms with E-state index < -0.39 is 0 Å². The molecule has 2 nitrogen and oxygen atoms in total. The number of fused-ring (bicyclic) bond motifs is 3. The van der Waals surface area contributed by atoms with Gasteiger partial charge in [0.25, 0.3) is 0 Å². The van der Waals surface area contributed by atoms with Crippen LogP contribution in [-0.4, -0.2) is 11.5 Å². The molecule has 0 spiro atoms. The minimum absolute atomic E-state index is 0.571. The number of aryl methyl sites for hydroxylation is 2. The largest absolute Gasteiger partial charge is 0.383 e. The van der Waals surface area contributed by atoms with Crippen molar-refractivity contribution in [3.05, 3.63) is 71.4 Å². The summed E-state index contributed by atoms with van der Waals surface area (Å²) in [6.07, 6.45) is 2.31. The summed E-state index contributed by atoms with van der Waals surface area (Å²) in [6.45, 7) is 3.14. The summed E-state index contributed by atoms with van der Waals surface area (Å²) in [5.74, 6) is 0.571. The number of para-hydroxylation sites is 1. The SMILES string of the molecule is Cc1nc2ccccc2c2c1NCC2CCc1ccccc1. The monoisotopic (exact) mass is 288 g/mol. The van der Waals surface area contributed by atoms with Crippen molar-refractivity contribution in [1.82, 2.24) is 4.98 Å². The van der Waals surface area contributed by atoms with Gasteiger partial charge in [0.1, 0.15) is 0 Å². The fourth-order valence-corrected chi connectivity index (χ4v) is 3.57. The molecule has 4 rings (SSSR count). The Morgan fingerprint density at radius 3 is 2.68 bits per heavy atom. The van der Waals surface area contributed by atoms with Gasteiger partial charge in [0, 0.05) is 17.8 Å². The number of rotatable bonds is 3. The Bertz CT molecular complexity index is 809. The van der Waals surface area contributed by atoms with Crippen LogP contribution in [0.25, 0.3) is 10.9 Å². The van der Waals surface area contributed by atoms with Crippen molar-refractivity contribution in [2.24, 2.45) is 0 Å². The topological polar surface area (TPSA) is 24.9 Å². The maximum Gasteiger partial charge on any atom is 0.0709 e. The maximum absolute atomic E-state index is 4.74. The molecule has 0 aliphatic carbocycles. The first kappa shape index (κ1) is 13.3. The molecule has 22 heavy (non-hydrogen) atoms. The Kier molecular flexibility index (Phi) is 3.30. The average Bonchev–Trinajstić information content (AvgIpc) is 2.99. The van der Waals surface area contributed by atoms with Gasteiger partial charge >= 0.3 is 0 Å². The quantitative estimate of drug-likeness (QED) is 0.756. The Balaban J connectivity index is 1.69. The van der Waals surface area contributed by atoms with E-state index in [4.69, 9.17) is 4.98 Å². The Morgan fingerprint density at radius 1 is 1.05 bits per heavy atom. The van der Waals surface area contributed by atoms with Gasteiger partial charge in [-0.15, -0.1) is 0 Å². The predicted octanol–water partition coefficient (Wildman–Crippen LogP) is 4.69. The number of nitrogens with one attached hydrogen (secondary N) is 1. The van der Waals surface area contributed by atoms with Crippen molar-refractivity contribution in [2.75, 3.05) is 11.9 Å². The van der Waals surface area contributed by atoms with Crippen molar-refractivity contribution in [2.45, 2.75) is 25.7 Å². The summed E-state index contributed by atoms with van der Waals surface area (Å²) in [4.78, 5) is 4.74. The van der Waals surface area contributed by atoms with Crippen LogP contribution in [0.2, 0.25) is 0 Å². The van der Waals surface area contributed by atoms with Gasteiger partial charge in [0.15, 0.2) is 0 Å². The van der Waals surface area contributed by atoms with E-state index in [2.05, 4.69) is 66.8 Å². The van der Waals surface area contributed by atoms with Gasteiger partial charge in [-0.3, -0.25) is 4.98 Å². The Labute approximate surface area is 131 Å². The van der Waals surface area contributed by atoms with Crippen LogP contribution >= 0.6 is 0 Å². The van der Waals surface area contributed by atoms with Crippen LogP contribution in [0.5, 0.6) is 0 Å². The van der Waals surface area contributed by atoms with Gasteiger partial charge in [-0.05, 0) is 37.0 Å². The van der Waals surface area contributed by atoms with Gasteiger partial charge in [-0.25, -0.2) is 0 Å². The highest BCUT2D eigenvalue weighted by molar-refractivity contribution is 5.89. The van der Waals surface area contributed by atoms with Crippen molar-refractivity contribution in [3.8, 4) is 0 Å². The Morgan fingerprint density at radius 2 is 1.82 bits per heavy atom. The summed E-state index contributed by atoms with van der Waals surface area (Å²) >= 11 is 0. The molecule has 1 N–H and O–H groups in total. The first-order valence-corrected chi connectivity index (χ1v) is 8.00. The zero-order valence-electron chi connectivity index (χ0n) is 12.8. The number of benzene rings is 2. The van der Waals surface area contributed by atoms with Gasteiger partial charge in [-0.2, -0.15) is 0 Å². The standard InChI is InChI=1S/C20H20N2/c1-14-20-19(17-9-5-6-10-18(17)22-14)16(13-21-20)12-11-15-7-3-2-4-8-15/h2-10,16,21H,11-13H2,1H3. The van der Waals surface area contributed by atoms with E-state index in [1.54, 1.807) is 0 Å². The minimum Gasteiger partial charge on any atom is -0.383 e.